The van der Waals surface area contributed by atoms with Gasteiger partial charge in [-0.3, -0.25) is 4.79 Å². The van der Waals surface area contributed by atoms with Crippen molar-refractivity contribution in [2.24, 2.45) is 0 Å². The van der Waals surface area contributed by atoms with Crippen LogP contribution in [0.15, 0.2) is 34.3 Å². The molecule has 0 radical (unpaired) electrons. The number of ether oxygens (including phenoxy) is 1. The number of methoxy groups -OCH3 is 1. The number of thioether (sulfide) groups is 1. The Hall–Kier alpha value is -3.36. The number of nitro groups is 1. The molecule has 1 aromatic carbocycles. The van der Waals surface area contributed by atoms with Crippen LogP contribution in [0.3, 0.4) is 0 Å². The van der Waals surface area contributed by atoms with Crippen molar-refractivity contribution in [1.29, 1.82) is 5.26 Å². The summed E-state index contributed by atoms with van der Waals surface area (Å²) in [6.07, 6.45) is 3.11. The summed E-state index contributed by atoms with van der Waals surface area (Å²) in [6, 6.07) is 6.91. The first-order chi connectivity index (χ1) is 13.9. The van der Waals surface area contributed by atoms with Crippen LogP contribution in [0, 0.1) is 21.4 Å². The van der Waals surface area contributed by atoms with Crippen molar-refractivity contribution in [2.45, 2.75) is 11.7 Å². The van der Waals surface area contributed by atoms with Crippen LogP contribution < -0.4 is 10.3 Å². The van der Waals surface area contributed by atoms with Gasteiger partial charge in [-0.1, -0.05) is 35.5 Å². The predicted octanol–water partition coefficient (Wildman–Crippen LogP) is 2.85. The second-order valence-electron chi connectivity index (χ2n) is 5.69. The molecule has 0 bridgehead atoms. The molecule has 0 unspecified atom stereocenters. The Labute approximate surface area is 173 Å². The van der Waals surface area contributed by atoms with Gasteiger partial charge in [-0.05, 0) is 17.2 Å². The monoisotopic (exact) mass is 432 g/mol. The Morgan fingerprint density at radius 3 is 2.83 bits per heavy atom. The summed E-state index contributed by atoms with van der Waals surface area (Å²) in [4.78, 5) is 29.3. The van der Waals surface area contributed by atoms with E-state index in [1.54, 1.807) is 24.5 Å². The molecule has 0 saturated carbocycles. The van der Waals surface area contributed by atoms with Gasteiger partial charge < -0.3 is 19.8 Å². The maximum absolute atomic E-state index is 12.1. The van der Waals surface area contributed by atoms with E-state index in [0.717, 1.165) is 0 Å². The minimum Gasteiger partial charge on any atom is -0.496 e. The molecule has 0 aliphatic rings. The number of hydrogen-bond donors (Lipinski definition) is 1. The van der Waals surface area contributed by atoms with Gasteiger partial charge >= 0.3 is 5.82 Å². The van der Waals surface area contributed by atoms with E-state index in [-0.39, 0.29) is 22.8 Å². The number of nitrogens with one attached hydrogen (secondary N) is 1. The lowest BCUT2D eigenvalue weighted by Crippen LogP contribution is -2.14. The summed E-state index contributed by atoms with van der Waals surface area (Å²) in [6.45, 7) is 0.168. The first-order valence-electron chi connectivity index (χ1n) is 8.01. The molecule has 0 atom stereocenters. The summed E-state index contributed by atoms with van der Waals surface area (Å²) in [7, 11) is 1.46. The minimum absolute atomic E-state index is 0.0680. The van der Waals surface area contributed by atoms with E-state index in [1.165, 1.54) is 29.8 Å². The van der Waals surface area contributed by atoms with Crippen LogP contribution >= 0.6 is 23.4 Å². The summed E-state index contributed by atoms with van der Waals surface area (Å²) in [5, 5.41) is 24.4. The van der Waals surface area contributed by atoms with Crippen molar-refractivity contribution >= 4 is 29.2 Å². The summed E-state index contributed by atoms with van der Waals surface area (Å²) in [5.41, 5.74) is 0.797. The van der Waals surface area contributed by atoms with Crippen LogP contribution in [0.1, 0.15) is 11.1 Å². The van der Waals surface area contributed by atoms with E-state index < -0.39 is 16.3 Å². The number of nitriles is 1. The molecule has 2 aromatic heterocycles. The second-order valence-corrected chi connectivity index (χ2v) is 6.89. The number of aromatic nitrogens is 4. The molecule has 10 nitrogen and oxygen atoms in total. The van der Waals surface area contributed by atoms with Gasteiger partial charge in [0, 0.05) is 11.1 Å². The molecule has 148 valence electrons. The fourth-order valence-electron chi connectivity index (χ4n) is 2.65. The largest absolute Gasteiger partial charge is 0.496 e. The number of benzene rings is 1. The Balaban J connectivity index is 2.03. The highest BCUT2D eigenvalue weighted by Gasteiger charge is 2.20. The number of hydrogen-bond acceptors (Lipinski definition) is 8. The molecule has 3 aromatic rings. The zero-order valence-corrected chi connectivity index (χ0v) is 16.7. The molecule has 0 amide bonds. The molecule has 0 spiro atoms. The van der Waals surface area contributed by atoms with E-state index in [0.29, 0.717) is 22.0 Å². The second kappa shape index (κ2) is 8.34. The van der Waals surface area contributed by atoms with Gasteiger partial charge in [-0.25, -0.2) is 4.98 Å². The number of aromatic amines is 1. The molecule has 0 saturated heterocycles. The fraction of sp³-hybridized carbons (Fsp3) is 0.176. The first kappa shape index (κ1) is 20.4. The standard InChI is InChI=1S/C17H13ClN6O4S/c1-28-13-5-9(14-11(6-19)16(25)21-17(20-14)29-2)3-4-10(13)7-23-8-12(18)15(22-23)24(26)27/h3-5,8H,7H2,1-2H3,(H,20,21,25). The van der Waals surface area contributed by atoms with Crippen molar-refractivity contribution in [3.8, 4) is 23.1 Å². The molecular weight excluding hydrogens is 420 g/mol. The molecule has 0 aliphatic carbocycles. The zero-order chi connectivity index (χ0) is 21.1. The van der Waals surface area contributed by atoms with Crippen molar-refractivity contribution in [3.63, 3.8) is 0 Å². The average Bonchev–Trinajstić information content (AvgIpc) is 3.08. The van der Waals surface area contributed by atoms with E-state index >= 15 is 0 Å². The number of halogens is 1. The third-order valence-corrected chi connectivity index (χ3v) is 4.81. The van der Waals surface area contributed by atoms with Crippen LogP contribution in [-0.2, 0) is 6.54 Å². The van der Waals surface area contributed by atoms with Crippen LogP contribution in [0.4, 0.5) is 5.82 Å². The quantitative estimate of drug-likeness (QED) is 0.271. The fourth-order valence-corrected chi connectivity index (χ4v) is 3.25. The number of nitrogens with zero attached hydrogens (tertiary/aromatic N) is 5. The molecule has 1 N–H and O–H groups in total. The van der Waals surface area contributed by atoms with Crippen molar-refractivity contribution < 1.29 is 9.66 Å². The smallest absolute Gasteiger partial charge is 0.408 e. The maximum atomic E-state index is 12.1. The number of H-pyrrole nitrogens is 1. The van der Waals surface area contributed by atoms with Gasteiger partial charge in [-0.15, -0.1) is 0 Å². The van der Waals surface area contributed by atoms with Gasteiger partial charge in [0.15, 0.2) is 10.2 Å². The predicted molar refractivity (Wildman–Crippen MR) is 106 cm³/mol. The van der Waals surface area contributed by atoms with Gasteiger partial charge in [0.2, 0.25) is 0 Å². The number of rotatable bonds is 6. The normalized spacial score (nSPS) is 10.6. The Kier molecular flexibility index (Phi) is 5.86. The molecule has 0 fully saturated rings. The van der Waals surface area contributed by atoms with Crippen molar-refractivity contribution in [1.82, 2.24) is 19.7 Å². The Morgan fingerprint density at radius 1 is 1.48 bits per heavy atom. The summed E-state index contributed by atoms with van der Waals surface area (Å²) in [5.74, 6) is 0.00618. The van der Waals surface area contributed by atoms with E-state index in [9.17, 15) is 20.2 Å². The zero-order valence-electron chi connectivity index (χ0n) is 15.2. The molecule has 29 heavy (non-hydrogen) atoms. The van der Waals surface area contributed by atoms with Gasteiger partial charge in [-0.2, -0.15) is 9.94 Å². The Bertz CT molecular complexity index is 1200. The third-order valence-electron chi connectivity index (χ3n) is 3.97. The first-order valence-corrected chi connectivity index (χ1v) is 9.61. The van der Waals surface area contributed by atoms with Crippen LogP contribution in [0.2, 0.25) is 5.02 Å². The van der Waals surface area contributed by atoms with Crippen LogP contribution in [0.25, 0.3) is 11.3 Å². The molecule has 0 aliphatic heterocycles. The van der Waals surface area contributed by atoms with E-state index in [4.69, 9.17) is 16.3 Å². The average molecular weight is 433 g/mol. The Morgan fingerprint density at radius 2 is 2.24 bits per heavy atom. The lowest BCUT2D eigenvalue weighted by Gasteiger charge is -2.11. The van der Waals surface area contributed by atoms with Gasteiger partial charge in [0.05, 0.1) is 30.6 Å². The van der Waals surface area contributed by atoms with Crippen molar-refractivity contribution in [2.75, 3.05) is 13.4 Å². The summed E-state index contributed by atoms with van der Waals surface area (Å²) >= 11 is 7.08. The molecule has 3 rings (SSSR count). The third kappa shape index (κ3) is 4.08. The van der Waals surface area contributed by atoms with Gasteiger partial charge in [0.1, 0.15) is 17.4 Å². The molecular formula is C17H13ClN6O4S. The topological polar surface area (TPSA) is 140 Å². The van der Waals surface area contributed by atoms with Crippen LogP contribution in [-0.4, -0.2) is 38.0 Å². The molecule has 12 heteroatoms. The van der Waals surface area contributed by atoms with Gasteiger partial charge in [0.25, 0.3) is 5.56 Å². The van der Waals surface area contributed by atoms with Crippen LogP contribution in [0.5, 0.6) is 5.75 Å². The lowest BCUT2D eigenvalue weighted by molar-refractivity contribution is -0.389. The maximum Gasteiger partial charge on any atom is 0.408 e. The molecule has 2 heterocycles. The van der Waals surface area contributed by atoms with Crippen molar-refractivity contribution in [3.05, 3.63) is 61.0 Å². The van der Waals surface area contributed by atoms with E-state index in [2.05, 4.69) is 15.1 Å². The summed E-state index contributed by atoms with van der Waals surface area (Å²) < 4.78 is 6.74. The SMILES string of the molecule is COc1cc(-c2nc(SC)[nH]c(=O)c2C#N)ccc1Cn1cc(Cl)c([N+](=O)[O-])n1. The highest BCUT2D eigenvalue weighted by atomic mass is 35.5. The highest BCUT2D eigenvalue weighted by molar-refractivity contribution is 7.98. The highest BCUT2D eigenvalue weighted by Crippen LogP contribution is 2.29. The minimum atomic E-state index is -0.662. The lowest BCUT2D eigenvalue weighted by atomic mass is 10.0. The van der Waals surface area contributed by atoms with E-state index in [1.807, 2.05) is 6.07 Å².